The van der Waals surface area contributed by atoms with Gasteiger partial charge in [0.15, 0.2) is 17.4 Å². The molecule has 2 aromatic heterocycles. The van der Waals surface area contributed by atoms with Gasteiger partial charge in [-0.2, -0.15) is 0 Å². The van der Waals surface area contributed by atoms with Crippen LogP contribution in [0.1, 0.15) is 39.7 Å². The van der Waals surface area contributed by atoms with E-state index in [1.54, 1.807) is 52.0 Å². The van der Waals surface area contributed by atoms with E-state index in [0.717, 1.165) is 0 Å². The molecule has 3 heterocycles. The molecule has 4 rings (SSSR count). The summed E-state index contributed by atoms with van der Waals surface area (Å²) in [6, 6.07) is 7.83. The minimum absolute atomic E-state index is 0.0624. The van der Waals surface area contributed by atoms with Crippen molar-refractivity contribution in [2.24, 2.45) is 0 Å². The molecule has 1 saturated heterocycles. The number of aromatic amines is 1. The van der Waals surface area contributed by atoms with Crippen LogP contribution in [0, 0.1) is 6.92 Å². The van der Waals surface area contributed by atoms with Crippen molar-refractivity contribution in [2.45, 2.75) is 70.8 Å². The minimum atomic E-state index is -3.41. The van der Waals surface area contributed by atoms with Gasteiger partial charge in [0.1, 0.15) is 35.4 Å². The number of carbonyl (C=O) groups excluding carboxylic acids is 1. The van der Waals surface area contributed by atoms with Crippen molar-refractivity contribution in [1.29, 1.82) is 0 Å². The Morgan fingerprint density at radius 3 is 2.69 bits per heavy atom. The normalized spacial score (nSPS) is 25.5. The number of aromatic nitrogens is 4. The molecule has 1 aliphatic rings. The molecule has 4 N–H and O–H groups in total. The zero-order chi connectivity index (χ0) is 28.5. The number of hydrogen-bond donors (Lipinski definition) is 4. The third-order valence-electron chi connectivity index (χ3n) is 5.99. The molecule has 13 nitrogen and oxygen atoms in total. The molecule has 1 aromatic carbocycles. The Bertz CT molecular complexity index is 1430. The van der Waals surface area contributed by atoms with Gasteiger partial charge in [-0.25, -0.2) is 15.1 Å². The Labute approximate surface area is 229 Å². The molecule has 0 aliphatic carbocycles. The fourth-order valence-electron chi connectivity index (χ4n) is 4.09. The van der Waals surface area contributed by atoms with Crippen LogP contribution in [0.25, 0.3) is 11.2 Å². The highest BCUT2D eigenvalue weighted by Gasteiger charge is 2.54. The summed E-state index contributed by atoms with van der Waals surface area (Å²) in [5.41, 5.74) is -2.01. The summed E-state index contributed by atoms with van der Waals surface area (Å²) in [7, 11) is 0. The number of rotatable bonds is 10. The summed E-state index contributed by atoms with van der Waals surface area (Å²) in [5.74, 6) is 0.221. The number of H-pyrrole nitrogens is 1. The Morgan fingerprint density at radius 1 is 1.33 bits per heavy atom. The first-order valence-corrected chi connectivity index (χ1v) is 14.9. The zero-order valence-electron chi connectivity index (χ0n) is 22.1. The highest BCUT2D eigenvalue weighted by atomic mass is 32.5. The van der Waals surface area contributed by atoms with Gasteiger partial charge in [-0.3, -0.25) is 14.2 Å². The Morgan fingerprint density at radius 2 is 2.03 bits per heavy atom. The molecule has 0 radical (unpaired) electrons. The van der Waals surface area contributed by atoms with E-state index in [4.69, 9.17) is 30.3 Å². The van der Waals surface area contributed by atoms with Crippen molar-refractivity contribution in [2.75, 3.05) is 6.61 Å². The number of imidazole rings is 1. The maximum atomic E-state index is 12.4. The molecule has 0 spiro atoms. The van der Waals surface area contributed by atoms with E-state index in [1.807, 2.05) is 6.07 Å². The fraction of sp³-hybridized carbons (Fsp3) is 0.500. The lowest BCUT2D eigenvalue weighted by atomic mass is 9.96. The highest BCUT2D eigenvalue weighted by Crippen LogP contribution is 2.47. The number of benzene rings is 1. The van der Waals surface area contributed by atoms with Crippen LogP contribution in [0.15, 0.2) is 41.5 Å². The van der Waals surface area contributed by atoms with E-state index >= 15 is 0 Å². The number of hydrogen-bond acceptors (Lipinski definition) is 11. The van der Waals surface area contributed by atoms with E-state index in [-0.39, 0.29) is 23.9 Å². The summed E-state index contributed by atoms with van der Waals surface area (Å²) < 4.78 is 24.6. The lowest BCUT2D eigenvalue weighted by molar-refractivity contribution is -0.149. The van der Waals surface area contributed by atoms with Gasteiger partial charge in [0, 0.05) is 0 Å². The Balaban J connectivity index is 1.56. The summed E-state index contributed by atoms with van der Waals surface area (Å²) >= 11 is 5.71. The molecular formula is C24H32N5O8PS. The quantitative estimate of drug-likeness (QED) is 0.202. The lowest BCUT2D eigenvalue weighted by Gasteiger charge is -2.28. The third-order valence-corrected chi connectivity index (χ3v) is 8.49. The van der Waals surface area contributed by atoms with E-state index in [2.05, 4.69) is 20.0 Å². The number of carbonyl (C=O) groups is 1. The number of fused-ring (bicyclic) bond motifs is 1. The largest absolute Gasteiger partial charge is 0.462 e. The van der Waals surface area contributed by atoms with Gasteiger partial charge < -0.3 is 33.7 Å². The average molecular weight is 582 g/mol. The predicted octanol–water partition coefficient (Wildman–Crippen LogP) is 1.69. The van der Waals surface area contributed by atoms with E-state index < -0.39 is 48.2 Å². The molecule has 1 fully saturated rings. The van der Waals surface area contributed by atoms with E-state index in [9.17, 15) is 19.8 Å². The van der Waals surface area contributed by atoms with E-state index in [0.29, 0.717) is 11.6 Å². The summed E-state index contributed by atoms with van der Waals surface area (Å²) in [6.07, 6.45) is -2.66. The van der Waals surface area contributed by atoms with Crippen molar-refractivity contribution in [3.05, 3.63) is 52.8 Å². The van der Waals surface area contributed by atoms with Crippen molar-refractivity contribution >= 4 is 35.6 Å². The SMILES string of the molecule is Cc1nc2c(ncn2[C@@H]2O[C@H](COP(=S)(NC(C)C(=O)OC(C)C)Oc3ccccc3)C(O)C2(C)O)c(=O)[nH]1. The van der Waals surface area contributed by atoms with Crippen molar-refractivity contribution in [1.82, 2.24) is 24.6 Å². The standard InChI is InChI=1S/C24H32N5O8PS/c1-13(2)35-22(32)14(3)28-38(39,37-16-9-7-6-8-10-16)34-11-17-19(30)24(5,33)23(36-17)29-12-25-18-20(29)26-15(4)27-21(18)31/h6-10,12-14,17,19,23,30,33H,11H2,1-5H3,(H,28,39)(H,26,27,31)/t14?,17-,19?,23-,24?,38?/m1/s1. The molecule has 0 amide bonds. The maximum Gasteiger partial charge on any atom is 0.323 e. The molecule has 6 atom stereocenters. The van der Waals surface area contributed by atoms with Crippen molar-refractivity contribution in [3.63, 3.8) is 0 Å². The van der Waals surface area contributed by atoms with E-state index in [1.165, 1.54) is 17.8 Å². The Hall–Kier alpha value is -2.71. The minimum Gasteiger partial charge on any atom is -0.462 e. The molecule has 15 heteroatoms. The molecule has 1 aliphatic heterocycles. The van der Waals surface area contributed by atoms with Crippen LogP contribution in [-0.4, -0.2) is 72.3 Å². The van der Waals surface area contributed by atoms with Gasteiger partial charge in [-0.1, -0.05) is 18.2 Å². The van der Waals surface area contributed by atoms with Crippen LogP contribution >= 0.6 is 6.64 Å². The molecular weight excluding hydrogens is 549 g/mol. The van der Waals surface area contributed by atoms with Crippen LogP contribution in [-0.2, 0) is 30.6 Å². The zero-order valence-corrected chi connectivity index (χ0v) is 23.8. The summed E-state index contributed by atoms with van der Waals surface area (Å²) in [5, 5.41) is 25.1. The van der Waals surface area contributed by atoms with Crippen LogP contribution in [0.4, 0.5) is 0 Å². The molecule has 0 bridgehead atoms. The second kappa shape index (κ2) is 11.4. The smallest absolute Gasteiger partial charge is 0.323 e. The third kappa shape index (κ3) is 6.38. The highest BCUT2D eigenvalue weighted by molar-refractivity contribution is 8.09. The Kier molecular flexibility index (Phi) is 8.57. The van der Waals surface area contributed by atoms with Gasteiger partial charge >= 0.3 is 12.6 Å². The average Bonchev–Trinajstić information content (AvgIpc) is 3.36. The van der Waals surface area contributed by atoms with Crippen LogP contribution in [0.3, 0.4) is 0 Å². The first-order chi connectivity index (χ1) is 18.3. The second-order valence-electron chi connectivity index (χ2n) is 9.71. The number of nitrogens with one attached hydrogen (secondary N) is 2. The van der Waals surface area contributed by atoms with Gasteiger partial charge in [-0.15, -0.1) is 0 Å². The van der Waals surface area contributed by atoms with Crippen molar-refractivity contribution < 1.29 is 33.5 Å². The van der Waals surface area contributed by atoms with Crippen molar-refractivity contribution in [3.8, 4) is 5.75 Å². The van der Waals surface area contributed by atoms with Gasteiger partial charge in [-0.05, 0) is 58.6 Å². The van der Waals surface area contributed by atoms with Gasteiger partial charge in [0.2, 0.25) is 0 Å². The monoisotopic (exact) mass is 581 g/mol. The number of aryl methyl sites for hydroxylation is 1. The number of ether oxygens (including phenoxy) is 2. The number of para-hydroxylation sites is 1. The molecule has 212 valence electrons. The topological polar surface area (TPSA) is 170 Å². The molecule has 0 saturated carbocycles. The van der Waals surface area contributed by atoms with Gasteiger partial charge in [0.25, 0.3) is 5.56 Å². The molecule has 3 aromatic rings. The second-order valence-corrected chi connectivity index (χ2v) is 12.8. The van der Waals surface area contributed by atoms with Crippen LogP contribution in [0.5, 0.6) is 5.75 Å². The number of aliphatic hydroxyl groups excluding tert-OH is 1. The molecule has 39 heavy (non-hydrogen) atoms. The van der Waals surface area contributed by atoms with Gasteiger partial charge in [0.05, 0.1) is 19.0 Å². The lowest BCUT2D eigenvalue weighted by Crippen LogP contribution is -2.44. The number of aliphatic hydroxyl groups is 2. The van der Waals surface area contributed by atoms with Crippen LogP contribution < -0.4 is 15.2 Å². The number of nitrogens with zero attached hydrogens (tertiary/aromatic N) is 3. The number of esters is 1. The molecule has 4 unspecified atom stereocenters. The predicted molar refractivity (Wildman–Crippen MR) is 145 cm³/mol. The summed E-state index contributed by atoms with van der Waals surface area (Å²) in [6.45, 7) is 4.34. The fourth-order valence-corrected chi connectivity index (χ4v) is 6.51. The summed E-state index contributed by atoms with van der Waals surface area (Å²) in [4.78, 5) is 35.7. The maximum absolute atomic E-state index is 12.4. The first-order valence-electron chi connectivity index (χ1n) is 12.3. The first kappa shape index (κ1) is 29.3. The van der Waals surface area contributed by atoms with Crippen LogP contribution in [0.2, 0.25) is 0 Å².